The van der Waals surface area contributed by atoms with Crippen molar-refractivity contribution < 1.29 is 4.79 Å². The minimum atomic E-state index is -0.0269. The van der Waals surface area contributed by atoms with E-state index in [1.165, 1.54) is 45.6 Å². The maximum absolute atomic E-state index is 13.5. The zero-order chi connectivity index (χ0) is 27.2. The molecule has 1 fully saturated rings. The monoisotopic (exact) mass is 553 g/mol. The Labute approximate surface area is 241 Å². The van der Waals surface area contributed by atoms with Crippen LogP contribution in [0.1, 0.15) is 46.0 Å². The summed E-state index contributed by atoms with van der Waals surface area (Å²) in [5.41, 5.74) is 2.75. The van der Waals surface area contributed by atoms with E-state index in [0.717, 1.165) is 25.1 Å². The summed E-state index contributed by atoms with van der Waals surface area (Å²) in [4.78, 5) is 20.8. The number of rotatable bonds is 10. The van der Waals surface area contributed by atoms with Gasteiger partial charge >= 0.3 is 0 Å². The molecule has 2 aliphatic rings. The lowest BCUT2D eigenvalue weighted by atomic mass is 10.1. The number of nitrogens with zero attached hydrogens (tertiary/aromatic N) is 3. The first-order valence-electron chi connectivity index (χ1n) is 13.9. The molecule has 3 aromatic carbocycles. The molecule has 1 saturated heterocycles. The molecule has 2 aliphatic heterocycles. The van der Waals surface area contributed by atoms with Crippen LogP contribution in [0.15, 0.2) is 107 Å². The molecule has 0 spiro atoms. The van der Waals surface area contributed by atoms with Crippen molar-refractivity contribution >= 4 is 57.1 Å². The molecular weight excluding hydrogens is 519 g/mol. The third-order valence-electron chi connectivity index (χ3n) is 7.17. The fraction of sp³-hybridized carbons (Fsp3) is 0.273. The Morgan fingerprint density at radius 1 is 0.821 bits per heavy atom. The molecule has 3 aromatic rings. The van der Waals surface area contributed by atoms with Gasteiger partial charge in [0.05, 0.1) is 10.7 Å². The SMILES string of the molecule is CCCCCCCN1C(=O)\C(=C/C=C/C=C2/Sc3c(ccc4ccccc34)N2CC)N(c2ccccc2)C1=S. The van der Waals surface area contributed by atoms with Crippen LogP contribution in [0, 0.1) is 0 Å². The number of thiocarbonyl (C=S) groups is 1. The number of carbonyl (C=O) groups excluding carboxylic acids is 1. The van der Waals surface area contributed by atoms with Crippen LogP contribution in [0.5, 0.6) is 0 Å². The largest absolute Gasteiger partial charge is 0.335 e. The van der Waals surface area contributed by atoms with Crippen molar-refractivity contribution in [1.82, 2.24) is 4.90 Å². The Balaban J connectivity index is 1.38. The van der Waals surface area contributed by atoms with Crippen molar-refractivity contribution in [3.63, 3.8) is 0 Å². The van der Waals surface area contributed by atoms with E-state index in [2.05, 4.69) is 61.2 Å². The third kappa shape index (κ3) is 5.68. The first kappa shape index (κ1) is 27.2. The van der Waals surface area contributed by atoms with E-state index >= 15 is 0 Å². The van der Waals surface area contributed by atoms with Gasteiger partial charge in [-0.3, -0.25) is 14.6 Å². The van der Waals surface area contributed by atoms with Crippen LogP contribution in [0.25, 0.3) is 10.8 Å². The predicted molar refractivity (Wildman–Crippen MR) is 170 cm³/mol. The average molecular weight is 554 g/mol. The van der Waals surface area contributed by atoms with Gasteiger partial charge in [-0.05, 0) is 66.7 Å². The van der Waals surface area contributed by atoms with E-state index in [0.29, 0.717) is 17.4 Å². The highest BCUT2D eigenvalue weighted by atomic mass is 32.2. The minimum Gasteiger partial charge on any atom is -0.335 e. The molecule has 0 bridgehead atoms. The van der Waals surface area contributed by atoms with Gasteiger partial charge in [-0.1, -0.05) is 105 Å². The maximum Gasteiger partial charge on any atom is 0.277 e. The first-order valence-corrected chi connectivity index (χ1v) is 15.1. The quantitative estimate of drug-likeness (QED) is 0.142. The average Bonchev–Trinajstić information content (AvgIpc) is 3.45. The number of hydrogen-bond acceptors (Lipinski definition) is 4. The molecule has 5 rings (SSSR count). The molecule has 4 nitrogen and oxygen atoms in total. The fourth-order valence-corrected chi connectivity index (χ4v) is 6.80. The van der Waals surface area contributed by atoms with Gasteiger partial charge in [-0.2, -0.15) is 0 Å². The summed E-state index contributed by atoms with van der Waals surface area (Å²) in [5.74, 6) is -0.0269. The fourth-order valence-electron chi connectivity index (χ4n) is 5.15. The molecule has 0 aromatic heterocycles. The zero-order valence-corrected chi connectivity index (χ0v) is 24.3. The molecule has 0 atom stereocenters. The maximum atomic E-state index is 13.5. The van der Waals surface area contributed by atoms with Crippen molar-refractivity contribution in [2.45, 2.75) is 50.8 Å². The minimum absolute atomic E-state index is 0.0269. The van der Waals surface area contributed by atoms with Gasteiger partial charge in [0.15, 0.2) is 5.11 Å². The number of carbonyl (C=O) groups is 1. The Bertz CT molecular complexity index is 1440. The van der Waals surface area contributed by atoms with Crippen LogP contribution in [0.4, 0.5) is 11.4 Å². The standard InChI is InChI=1S/C33H35N3OS2/c1-3-5-6-7-15-24-35-32(37)29(36(33(35)38)26-17-9-8-10-18-26)20-13-14-21-30-34(4-2)28-23-22-25-16-11-12-19-27(25)31(28)39-30/h8-14,16-23H,3-7,15,24H2,1-2H3/b14-13+,29-20+,30-21+. The summed E-state index contributed by atoms with van der Waals surface area (Å²) < 4.78 is 0. The van der Waals surface area contributed by atoms with Crippen molar-refractivity contribution in [3.8, 4) is 0 Å². The van der Waals surface area contributed by atoms with Gasteiger partial charge in [0.25, 0.3) is 5.91 Å². The summed E-state index contributed by atoms with van der Waals surface area (Å²) in [6.07, 6.45) is 13.7. The molecule has 0 aliphatic carbocycles. The predicted octanol–water partition coefficient (Wildman–Crippen LogP) is 8.66. The number of para-hydroxylation sites is 1. The smallest absolute Gasteiger partial charge is 0.277 e. The highest BCUT2D eigenvalue weighted by Crippen LogP contribution is 2.49. The van der Waals surface area contributed by atoms with E-state index < -0.39 is 0 Å². The second-order valence-corrected chi connectivity index (χ2v) is 11.1. The summed E-state index contributed by atoms with van der Waals surface area (Å²) in [7, 11) is 0. The summed E-state index contributed by atoms with van der Waals surface area (Å²) >= 11 is 7.62. The number of amides is 1. The molecule has 0 saturated carbocycles. The van der Waals surface area contributed by atoms with Gasteiger partial charge in [0.1, 0.15) is 5.70 Å². The molecule has 6 heteroatoms. The van der Waals surface area contributed by atoms with Gasteiger partial charge < -0.3 is 4.90 Å². The number of benzene rings is 3. The van der Waals surface area contributed by atoms with Crippen LogP contribution in [0.2, 0.25) is 0 Å². The number of fused-ring (bicyclic) bond motifs is 3. The number of anilines is 2. The van der Waals surface area contributed by atoms with Crippen molar-refractivity contribution in [3.05, 3.63) is 102 Å². The molecule has 1 amide bonds. The van der Waals surface area contributed by atoms with Crippen LogP contribution in [-0.4, -0.2) is 29.0 Å². The zero-order valence-electron chi connectivity index (χ0n) is 22.7. The summed E-state index contributed by atoms with van der Waals surface area (Å²) in [6, 6.07) is 22.9. The third-order valence-corrected chi connectivity index (χ3v) is 8.77. The lowest BCUT2D eigenvalue weighted by Crippen LogP contribution is -2.33. The van der Waals surface area contributed by atoms with Crippen molar-refractivity contribution in [2.24, 2.45) is 0 Å². The Kier molecular flexibility index (Phi) is 8.84. The molecule has 200 valence electrons. The highest BCUT2D eigenvalue weighted by Gasteiger charge is 2.38. The Morgan fingerprint density at radius 3 is 2.36 bits per heavy atom. The van der Waals surface area contributed by atoms with E-state index in [1.54, 1.807) is 16.7 Å². The Hall–Kier alpha value is -3.35. The molecular formula is C33H35N3OS2. The van der Waals surface area contributed by atoms with Crippen LogP contribution in [0.3, 0.4) is 0 Å². The van der Waals surface area contributed by atoms with Gasteiger partial charge in [-0.15, -0.1) is 0 Å². The van der Waals surface area contributed by atoms with E-state index in [9.17, 15) is 4.79 Å². The van der Waals surface area contributed by atoms with Crippen molar-refractivity contribution in [2.75, 3.05) is 22.9 Å². The number of thioether (sulfide) groups is 1. The van der Waals surface area contributed by atoms with Gasteiger partial charge in [0, 0.05) is 23.7 Å². The summed E-state index contributed by atoms with van der Waals surface area (Å²) in [6.45, 7) is 5.94. The van der Waals surface area contributed by atoms with Gasteiger partial charge in [0.2, 0.25) is 0 Å². The van der Waals surface area contributed by atoms with Crippen LogP contribution < -0.4 is 9.80 Å². The second-order valence-electron chi connectivity index (χ2n) is 9.75. The lowest BCUT2D eigenvalue weighted by Gasteiger charge is -2.20. The number of allylic oxidation sites excluding steroid dienone is 4. The van der Waals surface area contributed by atoms with Gasteiger partial charge in [-0.25, -0.2) is 0 Å². The lowest BCUT2D eigenvalue weighted by molar-refractivity contribution is -0.122. The molecule has 0 radical (unpaired) electrons. The Morgan fingerprint density at radius 2 is 1.56 bits per heavy atom. The summed E-state index contributed by atoms with van der Waals surface area (Å²) in [5, 5.41) is 4.28. The van der Waals surface area contributed by atoms with Crippen molar-refractivity contribution in [1.29, 1.82) is 0 Å². The molecule has 2 heterocycles. The van der Waals surface area contributed by atoms with Crippen LogP contribution >= 0.6 is 24.0 Å². The normalized spacial score (nSPS) is 17.5. The number of unbranched alkanes of at least 4 members (excludes halogenated alkanes) is 4. The van der Waals surface area contributed by atoms with E-state index in [4.69, 9.17) is 12.2 Å². The first-order chi connectivity index (χ1) is 19.1. The second kappa shape index (κ2) is 12.7. The molecule has 0 unspecified atom stereocenters. The number of hydrogen-bond donors (Lipinski definition) is 0. The van der Waals surface area contributed by atoms with Crippen LogP contribution in [-0.2, 0) is 4.79 Å². The van der Waals surface area contributed by atoms with E-state index in [-0.39, 0.29) is 5.91 Å². The topological polar surface area (TPSA) is 26.8 Å². The molecule has 0 N–H and O–H groups in total. The highest BCUT2D eigenvalue weighted by molar-refractivity contribution is 8.04. The molecule has 39 heavy (non-hydrogen) atoms. The van der Waals surface area contributed by atoms with E-state index in [1.807, 2.05) is 53.5 Å².